The van der Waals surface area contributed by atoms with E-state index in [2.05, 4.69) is 158 Å². The summed E-state index contributed by atoms with van der Waals surface area (Å²) >= 11 is 0. The summed E-state index contributed by atoms with van der Waals surface area (Å²) in [6.45, 7) is 0. The van der Waals surface area contributed by atoms with Crippen LogP contribution in [0.15, 0.2) is 140 Å². The molecule has 0 fully saturated rings. The van der Waals surface area contributed by atoms with Crippen LogP contribution in [0.4, 0.5) is 0 Å². The average Bonchev–Trinajstić information content (AvgIpc) is 3.05. The first-order valence-corrected chi connectivity index (χ1v) is 12.4. The molecule has 0 heteroatoms. The Morgan fingerprint density at radius 2 is 0.500 bits per heavy atom. The molecule has 1 aliphatic carbocycles. The lowest BCUT2D eigenvalue weighted by molar-refractivity contribution is 1.53. The van der Waals surface area contributed by atoms with Gasteiger partial charge in [-0.15, -0.1) is 0 Å². The van der Waals surface area contributed by atoms with E-state index in [1.807, 2.05) is 0 Å². The molecule has 0 aliphatic heterocycles. The second-order valence-electron chi connectivity index (χ2n) is 9.00. The van der Waals surface area contributed by atoms with E-state index < -0.39 is 0 Å². The molecule has 0 spiro atoms. The van der Waals surface area contributed by atoms with Crippen LogP contribution in [0.2, 0.25) is 0 Å². The molecular formula is C36H26. The fraction of sp³-hybridized carbons (Fsp3) is 0. The van der Waals surface area contributed by atoms with Crippen LogP contribution in [0.5, 0.6) is 0 Å². The zero-order valence-electron chi connectivity index (χ0n) is 20.0. The molecule has 36 heavy (non-hydrogen) atoms. The Bertz CT molecular complexity index is 1480. The van der Waals surface area contributed by atoms with E-state index in [1.54, 1.807) is 0 Å². The number of rotatable bonds is 3. The second-order valence-corrected chi connectivity index (χ2v) is 9.00. The van der Waals surface area contributed by atoms with Crippen LogP contribution in [0.1, 0.15) is 38.9 Å². The second kappa shape index (κ2) is 9.90. The molecule has 170 valence electrons. The van der Waals surface area contributed by atoms with E-state index in [1.165, 1.54) is 55.7 Å². The van der Waals surface area contributed by atoms with Gasteiger partial charge in [0.25, 0.3) is 0 Å². The Morgan fingerprint density at radius 3 is 0.833 bits per heavy atom. The van der Waals surface area contributed by atoms with E-state index in [9.17, 15) is 0 Å². The molecule has 6 rings (SSSR count). The minimum atomic E-state index is 1.19. The van der Waals surface area contributed by atoms with Crippen molar-refractivity contribution in [2.24, 2.45) is 0 Å². The molecular weight excluding hydrogens is 432 g/mol. The summed E-state index contributed by atoms with van der Waals surface area (Å²) in [6, 6.07) is 49.5. The molecule has 0 bridgehead atoms. The largest absolute Gasteiger partial charge is 0.0622 e. The van der Waals surface area contributed by atoms with Gasteiger partial charge in [0.2, 0.25) is 0 Å². The predicted molar refractivity (Wildman–Crippen MR) is 155 cm³/mol. The monoisotopic (exact) mass is 458 g/mol. The van der Waals surface area contributed by atoms with E-state index >= 15 is 0 Å². The number of hydrogen-bond donors (Lipinski definition) is 0. The van der Waals surface area contributed by atoms with Gasteiger partial charge in [0, 0.05) is 0 Å². The van der Waals surface area contributed by atoms with E-state index in [4.69, 9.17) is 0 Å². The highest BCUT2D eigenvalue weighted by Gasteiger charge is 2.24. The van der Waals surface area contributed by atoms with Gasteiger partial charge in [-0.2, -0.15) is 0 Å². The molecule has 0 saturated carbocycles. The predicted octanol–water partition coefficient (Wildman–Crippen LogP) is 9.37. The maximum Gasteiger partial charge on any atom is -0.00928 e. The number of benzene rings is 5. The molecule has 0 amide bonds. The van der Waals surface area contributed by atoms with Crippen molar-refractivity contribution >= 4 is 34.9 Å². The Labute approximate surface area is 213 Å². The van der Waals surface area contributed by atoms with Crippen LogP contribution in [0.3, 0.4) is 0 Å². The van der Waals surface area contributed by atoms with E-state index in [-0.39, 0.29) is 0 Å². The van der Waals surface area contributed by atoms with Gasteiger partial charge in [0.1, 0.15) is 0 Å². The van der Waals surface area contributed by atoms with Gasteiger partial charge in [-0.05, 0) is 73.9 Å². The number of allylic oxidation sites excluding steroid dienone is 2. The normalized spacial score (nSPS) is 14.7. The third kappa shape index (κ3) is 4.37. The Balaban J connectivity index is 1.71. The van der Waals surface area contributed by atoms with Gasteiger partial charge in [0.15, 0.2) is 0 Å². The lowest BCUT2D eigenvalue weighted by Crippen LogP contribution is -1.92. The fourth-order valence-corrected chi connectivity index (χ4v) is 4.96. The molecule has 0 radical (unpaired) electrons. The van der Waals surface area contributed by atoms with Crippen LogP contribution in [-0.2, 0) is 0 Å². The van der Waals surface area contributed by atoms with Gasteiger partial charge < -0.3 is 0 Å². The standard InChI is InChI=1S/C36H26/c1-4-14-27(15-5-1)24-34-30-20-10-12-22-32(30)35(25-28-16-6-2-7-17-28)36(26-29-18-8-3-9-19-29)33-23-13-11-21-31(33)34/h1-26H/b35-25+,36-26+. The highest BCUT2D eigenvalue weighted by molar-refractivity contribution is 6.21. The Hall–Kier alpha value is -4.68. The van der Waals surface area contributed by atoms with Crippen LogP contribution in [-0.4, -0.2) is 0 Å². The highest BCUT2D eigenvalue weighted by atomic mass is 14.3. The van der Waals surface area contributed by atoms with Crippen molar-refractivity contribution < 1.29 is 0 Å². The van der Waals surface area contributed by atoms with Crippen molar-refractivity contribution in [3.63, 3.8) is 0 Å². The Kier molecular flexibility index (Phi) is 6.00. The maximum absolute atomic E-state index is 2.33. The summed E-state index contributed by atoms with van der Waals surface area (Å²) in [7, 11) is 0. The smallest absolute Gasteiger partial charge is 0.00928 e. The average molecular weight is 459 g/mol. The van der Waals surface area contributed by atoms with Gasteiger partial charge in [0.05, 0.1) is 0 Å². The van der Waals surface area contributed by atoms with Crippen molar-refractivity contribution in [3.8, 4) is 0 Å². The van der Waals surface area contributed by atoms with Gasteiger partial charge >= 0.3 is 0 Å². The summed E-state index contributed by atoms with van der Waals surface area (Å²) in [5.41, 5.74) is 12.2. The molecule has 0 N–H and O–H groups in total. The molecule has 0 nitrogen and oxygen atoms in total. The van der Waals surface area contributed by atoms with Crippen LogP contribution >= 0.6 is 0 Å². The summed E-state index contributed by atoms with van der Waals surface area (Å²) in [4.78, 5) is 0. The van der Waals surface area contributed by atoms with Crippen LogP contribution in [0, 0.1) is 0 Å². The minimum Gasteiger partial charge on any atom is -0.0622 e. The zero-order valence-corrected chi connectivity index (χ0v) is 20.0. The summed E-state index contributed by atoms with van der Waals surface area (Å²) in [6.07, 6.45) is 6.98. The van der Waals surface area contributed by atoms with Crippen molar-refractivity contribution in [2.45, 2.75) is 0 Å². The first-order chi connectivity index (χ1) is 17.9. The van der Waals surface area contributed by atoms with Crippen molar-refractivity contribution in [3.05, 3.63) is 178 Å². The zero-order chi connectivity index (χ0) is 24.2. The molecule has 0 aromatic heterocycles. The maximum atomic E-state index is 2.33. The van der Waals surface area contributed by atoms with E-state index in [0.717, 1.165) is 0 Å². The summed E-state index contributed by atoms with van der Waals surface area (Å²) < 4.78 is 0. The van der Waals surface area contributed by atoms with Crippen LogP contribution in [0.25, 0.3) is 34.9 Å². The summed E-state index contributed by atoms with van der Waals surface area (Å²) in [5, 5.41) is 0. The minimum absolute atomic E-state index is 1.19. The Morgan fingerprint density at radius 1 is 0.250 bits per heavy atom. The third-order valence-electron chi connectivity index (χ3n) is 6.64. The molecule has 1 aliphatic rings. The molecule has 0 atom stereocenters. The van der Waals surface area contributed by atoms with Crippen molar-refractivity contribution in [1.29, 1.82) is 0 Å². The van der Waals surface area contributed by atoms with Gasteiger partial charge in [-0.1, -0.05) is 140 Å². The SMILES string of the molecule is C(=C1c2ccccc2C(=C\c2ccccc2)/C(=C/c2ccccc2)c2ccccc21)c1ccccc1. The highest BCUT2D eigenvalue weighted by Crippen LogP contribution is 2.46. The van der Waals surface area contributed by atoms with Crippen LogP contribution < -0.4 is 0 Å². The van der Waals surface area contributed by atoms with Crippen molar-refractivity contribution in [2.75, 3.05) is 0 Å². The third-order valence-corrected chi connectivity index (χ3v) is 6.64. The lowest BCUT2D eigenvalue weighted by atomic mass is 9.89. The number of hydrogen-bond acceptors (Lipinski definition) is 0. The van der Waals surface area contributed by atoms with Gasteiger partial charge in [-0.25, -0.2) is 0 Å². The molecule has 0 saturated heterocycles. The quantitative estimate of drug-likeness (QED) is 0.253. The molecule has 5 aromatic rings. The topological polar surface area (TPSA) is 0 Å². The first-order valence-electron chi connectivity index (χ1n) is 12.4. The molecule has 0 unspecified atom stereocenters. The molecule has 0 heterocycles. The van der Waals surface area contributed by atoms with Crippen molar-refractivity contribution in [1.82, 2.24) is 0 Å². The fourth-order valence-electron chi connectivity index (χ4n) is 4.96. The first kappa shape index (κ1) is 21.8. The summed E-state index contributed by atoms with van der Waals surface area (Å²) in [5.74, 6) is 0. The number of fused-ring (bicyclic) bond motifs is 2. The molecule has 5 aromatic carbocycles. The van der Waals surface area contributed by atoms with Gasteiger partial charge in [-0.3, -0.25) is 0 Å². The van der Waals surface area contributed by atoms with E-state index in [0.29, 0.717) is 0 Å². The lowest BCUT2D eigenvalue weighted by Gasteiger charge is -2.14.